The number of aliphatic hydroxyl groups excluding tert-OH is 1. The second-order valence-corrected chi connectivity index (χ2v) is 4.15. The van der Waals surface area contributed by atoms with Crippen LogP contribution < -0.4 is 10.6 Å². The Hall–Kier alpha value is -1.75. The molecule has 0 unspecified atom stereocenters. The minimum absolute atomic E-state index is 0.133. The van der Waals surface area contributed by atoms with Crippen LogP contribution in [0.25, 0.3) is 0 Å². The molecular weight excluding hydrogens is 244 g/mol. The van der Waals surface area contributed by atoms with Crippen molar-refractivity contribution in [2.24, 2.45) is 0 Å². The average Bonchev–Trinajstić information content (AvgIpc) is 2.41. The van der Waals surface area contributed by atoms with Gasteiger partial charge in [-0.15, -0.1) is 0 Å². The summed E-state index contributed by atoms with van der Waals surface area (Å²) in [7, 11) is 0. The SMILES string of the molecule is CCOC(=O)c1ccc(N)c(N(CC)CCCO)c1. The van der Waals surface area contributed by atoms with Crippen molar-refractivity contribution in [2.75, 3.05) is 36.9 Å². The van der Waals surface area contributed by atoms with E-state index in [1.165, 1.54) is 0 Å². The molecule has 0 bridgehead atoms. The summed E-state index contributed by atoms with van der Waals surface area (Å²) >= 11 is 0. The third-order valence-electron chi connectivity index (χ3n) is 2.85. The number of hydrogen-bond donors (Lipinski definition) is 2. The van der Waals surface area contributed by atoms with Crippen molar-refractivity contribution in [3.63, 3.8) is 0 Å². The predicted octanol–water partition coefficient (Wildman–Crippen LogP) is 1.65. The monoisotopic (exact) mass is 266 g/mol. The molecule has 1 rings (SSSR count). The number of carbonyl (C=O) groups is 1. The minimum atomic E-state index is -0.345. The van der Waals surface area contributed by atoms with Crippen molar-refractivity contribution >= 4 is 17.3 Å². The number of nitrogens with two attached hydrogens (primary N) is 1. The zero-order chi connectivity index (χ0) is 14.3. The smallest absolute Gasteiger partial charge is 0.338 e. The maximum atomic E-state index is 11.7. The van der Waals surface area contributed by atoms with Crippen LogP contribution in [0.5, 0.6) is 0 Å². The van der Waals surface area contributed by atoms with E-state index in [4.69, 9.17) is 15.6 Å². The van der Waals surface area contributed by atoms with Gasteiger partial charge in [-0.05, 0) is 38.5 Å². The molecule has 0 amide bonds. The number of hydrogen-bond acceptors (Lipinski definition) is 5. The summed E-state index contributed by atoms with van der Waals surface area (Å²) in [6, 6.07) is 5.12. The van der Waals surface area contributed by atoms with E-state index in [9.17, 15) is 4.79 Å². The molecule has 0 fully saturated rings. The standard InChI is InChI=1S/C14H22N2O3/c1-3-16(8-5-9-17)13-10-11(6-7-12(13)15)14(18)19-4-2/h6-7,10,17H,3-5,8-9,15H2,1-2H3. The third kappa shape index (κ3) is 4.13. The summed E-state index contributed by atoms with van der Waals surface area (Å²) in [5.41, 5.74) is 7.87. The van der Waals surface area contributed by atoms with Crippen LogP contribution in [0.1, 0.15) is 30.6 Å². The molecule has 106 valence electrons. The van der Waals surface area contributed by atoms with E-state index in [-0.39, 0.29) is 12.6 Å². The molecule has 1 aromatic carbocycles. The molecular formula is C14H22N2O3. The first-order valence-corrected chi connectivity index (χ1v) is 6.56. The lowest BCUT2D eigenvalue weighted by Gasteiger charge is -2.24. The van der Waals surface area contributed by atoms with Crippen LogP contribution in [0.15, 0.2) is 18.2 Å². The maximum Gasteiger partial charge on any atom is 0.338 e. The van der Waals surface area contributed by atoms with Gasteiger partial charge in [0.05, 0.1) is 23.5 Å². The van der Waals surface area contributed by atoms with Crippen LogP contribution in [-0.2, 0) is 4.74 Å². The third-order valence-corrected chi connectivity index (χ3v) is 2.85. The lowest BCUT2D eigenvalue weighted by Crippen LogP contribution is -2.26. The summed E-state index contributed by atoms with van der Waals surface area (Å²) in [6.07, 6.45) is 0.664. The molecule has 5 heteroatoms. The molecule has 1 aromatic rings. The van der Waals surface area contributed by atoms with Gasteiger partial charge in [0.15, 0.2) is 0 Å². The Labute approximate surface area is 114 Å². The van der Waals surface area contributed by atoms with E-state index in [1.54, 1.807) is 25.1 Å². The first-order chi connectivity index (χ1) is 9.13. The van der Waals surface area contributed by atoms with Crippen molar-refractivity contribution < 1.29 is 14.6 Å². The normalized spacial score (nSPS) is 10.3. The van der Waals surface area contributed by atoms with Crippen LogP contribution in [0, 0.1) is 0 Å². The molecule has 0 atom stereocenters. The van der Waals surface area contributed by atoms with E-state index < -0.39 is 0 Å². The van der Waals surface area contributed by atoms with Crippen molar-refractivity contribution in [2.45, 2.75) is 20.3 Å². The second-order valence-electron chi connectivity index (χ2n) is 4.15. The Morgan fingerprint density at radius 3 is 2.74 bits per heavy atom. The number of nitrogen functional groups attached to an aromatic ring is 1. The van der Waals surface area contributed by atoms with Gasteiger partial charge in [-0.2, -0.15) is 0 Å². The molecule has 0 aliphatic heterocycles. The summed E-state index contributed by atoms with van der Waals surface area (Å²) in [6.45, 7) is 5.72. The zero-order valence-electron chi connectivity index (χ0n) is 11.6. The molecule has 0 radical (unpaired) electrons. The fourth-order valence-electron chi connectivity index (χ4n) is 1.87. The lowest BCUT2D eigenvalue weighted by atomic mass is 10.1. The van der Waals surface area contributed by atoms with E-state index in [0.29, 0.717) is 30.8 Å². The van der Waals surface area contributed by atoms with E-state index in [0.717, 1.165) is 12.2 Å². The number of carbonyl (C=O) groups excluding carboxylic acids is 1. The number of benzene rings is 1. The number of esters is 1. The predicted molar refractivity (Wildman–Crippen MR) is 76.4 cm³/mol. The molecule has 0 aliphatic carbocycles. The van der Waals surface area contributed by atoms with Crippen LogP contribution in [0.2, 0.25) is 0 Å². The molecule has 0 aromatic heterocycles. The fourth-order valence-corrected chi connectivity index (χ4v) is 1.87. The van der Waals surface area contributed by atoms with Gasteiger partial charge in [0, 0.05) is 19.7 Å². The largest absolute Gasteiger partial charge is 0.462 e. The van der Waals surface area contributed by atoms with E-state index in [1.807, 2.05) is 11.8 Å². The Morgan fingerprint density at radius 2 is 2.16 bits per heavy atom. The lowest BCUT2D eigenvalue weighted by molar-refractivity contribution is 0.0526. The molecule has 0 aliphatic rings. The topological polar surface area (TPSA) is 75.8 Å². The second kappa shape index (κ2) is 7.63. The minimum Gasteiger partial charge on any atom is -0.462 e. The number of aliphatic hydroxyl groups is 1. The van der Waals surface area contributed by atoms with Gasteiger partial charge in [0.2, 0.25) is 0 Å². The molecule has 0 saturated heterocycles. The molecule has 0 saturated carbocycles. The highest BCUT2D eigenvalue weighted by molar-refractivity contribution is 5.92. The zero-order valence-corrected chi connectivity index (χ0v) is 11.6. The number of anilines is 2. The Balaban J connectivity index is 2.97. The molecule has 0 heterocycles. The molecule has 19 heavy (non-hydrogen) atoms. The van der Waals surface area contributed by atoms with Gasteiger partial charge in [-0.25, -0.2) is 4.79 Å². The summed E-state index contributed by atoms with van der Waals surface area (Å²) in [5, 5.41) is 8.91. The number of ether oxygens (including phenoxy) is 1. The first-order valence-electron chi connectivity index (χ1n) is 6.56. The van der Waals surface area contributed by atoms with Gasteiger partial charge in [0.25, 0.3) is 0 Å². The highest BCUT2D eigenvalue weighted by Gasteiger charge is 2.13. The van der Waals surface area contributed by atoms with Crippen LogP contribution in [0.3, 0.4) is 0 Å². The highest BCUT2D eigenvalue weighted by Crippen LogP contribution is 2.25. The maximum absolute atomic E-state index is 11.7. The summed E-state index contributed by atoms with van der Waals surface area (Å²) in [5.74, 6) is -0.345. The number of rotatable bonds is 7. The van der Waals surface area contributed by atoms with Crippen molar-refractivity contribution in [3.8, 4) is 0 Å². The van der Waals surface area contributed by atoms with Crippen molar-refractivity contribution in [3.05, 3.63) is 23.8 Å². The van der Waals surface area contributed by atoms with Gasteiger partial charge in [-0.3, -0.25) is 0 Å². The van der Waals surface area contributed by atoms with Gasteiger partial charge in [-0.1, -0.05) is 0 Å². The van der Waals surface area contributed by atoms with Crippen molar-refractivity contribution in [1.29, 1.82) is 0 Å². The first kappa shape index (κ1) is 15.3. The Kier molecular flexibility index (Phi) is 6.15. The van der Waals surface area contributed by atoms with Crippen LogP contribution in [-0.4, -0.2) is 37.4 Å². The summed E-state index contributed by atoms with van der Waals surface area (Å²) in [4.78, 5) is 13.7. The number of nitrogens with zero attached hydrogens (tertiary/aromatic N) is 1. The molecule has 3 N–H and O–H groups in total. The fraction of sp³-hybridized carbons (Fsp3) is 0.500. The Morgan fingerprint density at radius 1 is 1.42 bits per heavy atom. The summed E-state index contributed by atoms with van der Waals surface area (Å²) < 4.78 is 4.98. The highest BCUT2D eigenvalue weighted by atomic mass is 16.5. The van der Waals surface area contributed by atoms with Gasteiger partial charge in [0.1, 0.15) is 0 Å². The van der Waals surface area contributed by atoms with Crippen LogP contribution in [0.4, 0.5) is 11.4 Å². The average molecular weight is 266 g/mol. The quantitative estimate of drug-likeness (QED) is 0.580. The Bertz CT molecular complexity index is 421. The van der Waals surface area contributed by atoms with E-state index in [2.05, 4.69) is 0 Å². The van der Waals surface area contributed by atoms with Gasteiger partial charge >= 0.3 is 5.97 Å². The van der Waals surface area contributed by atoms with Gasteiger partial charge < -0.3 is 20.5 Å². The van der Waals surface area contributed by atoms with Crippen LogP contribution >= 0.6 is 0 Å². The van der Waals surface area contributed by atoms with E-state index >= 15 is 0 Å². The molecule has 0 spiro atoms. The molecule has 5 nitrogen and oxygen atoms in total. The van der Waals surface area contributed by atoms with Crippen molar-refractivity contribution in [1.82, 2.24) is 0 Å².